The van der Waals surface area contributed by atoms with E-state index >= 15 is 0 Å². The minimum atomic E-state index is -0.0370. The Hall–Kier alpha value is -2.18. The molecule has 26 heavy (non-hydrogen) atoms. The highest BCUT2D eigenvalue weighted by Gasteiger charge is 2.30. The summed E-state index contributed by atoms with van der Waals surface area (Å²) < 4.78 is 5.24. The molecule has 6 heteroatoms. The SMILES string of the molecule is COc1ccc(/C=C2/SC(=Nc3cccc(SC)c3)N(C)C2=O)c(C)c1. The zero-order chi connectivity index (χ0) is 18.7. The third-order valence-electron chi connectivity index (χ3n) is 4.05. The molecule has 0 aromatic heterocycles. The molecule has 0 spiro atoms. The van der Waals surface area contributed by atoms with E-state index in [9.17, 15) is 4.79 Å². The molecule has 1 fully saturated rings. The van der Waals surface area contributed by atoms with Crippen molar-refractivity contribution in [1.29, 1.82) is 0 Å². The summed E-state index contributed by atoms with van der Waals surface area (Å²) in [4.78, 5) is 20.7. The first-order chi connectivity index (χ1) is 12.5. The number of hydrogen-bond acceptors (Lipinski definition) is 5. The molecule has 0 radical (unpaired) electrons. The van der Waals surface area contributed by atoms with Crippen molar-refractivity contribution in [3.05, 3.63) is 58.5 Å². The maximum absolute atomic E-state index is 12.6. The predicted octanol–water partition coefficient (Wildman–Crippen LogP) is 4.96. The first kappa shape index (κ1) is 18.6. The number of likely N-dealkylation sites (N-methyl/N-ethyl adjacent to an activating group) is 1. The molecule has 0 bridgehead atoms. The quantitative estimate of drug-likeness (QED) is 0.552. The van der Waals surface area contributed by atoms with Gasteiger partial charge in [0.15, 0.2) is 5.17 Å². The topological polar surface area (TPSA) is 41.9 Å². The fourth-order valence-electron chi connectivity index (χ4n) is 2.52. The Morgan fingerprint density at radius 1 is 1.23 bits per heavy atom. The molecule has 1 aliphatic heterocycles. The average molecular weight is 385 g/mol. The van der Waals surface area contributed by atoms with Crippen molar-refractivity contribution >= 4 is 46.4 Å². The van der Waals surface area contributed by atoms with Gasteiger partial charge in [-0.25, -0.2) is 4.99 Å². The van der Waals surface area contributed by atoms with Crippen LogP contribution in [0.15, 0.2) is 57.3 Å². The van der Waals surface area contributed by atoms with Gasteiger partial charge in [-0.3, -0.25) is 9.69 Å². The van der Waals surface area contributed by atoms with Gasteiger partial charge in [0.05, 0.1) is 17.7 Å². The summed E-state index contributed by atoms with van der Waals surface area (Å²) in [5, 5.41) is 0.686. The largest absolute Gasteiger partial charge is 0.497 e. The summed E-state index contributed by atoms with van der Waals surface area (Å²) >= 11 is 3.07. The van der Waals surface area contributed by atoms with Gasteiger partial charge in [0.25, 0.3) is 5.91 Å². The molecule has 1 amide bonds. The van der Waals surface area contributed by atoms with Crippen LogP contribution in [-0.2, 0) is 4.79 Å². The number of thioether (sulfide) groups is 2. The summed E-state index contributed by atoms with van der Waals surface area (Å²) in [6, 6.07) is 13.8. The van der Waals surface area contributed by atoms with E-state index in [1.54, 1.807) is 30.8 Å². The van der Waals surface area contributed by atoms with Crippen LogP contribution in [0.25, 0.3) is 6.08 Å². The van der Waals surface area contributed by atoms with Gasteiger partial charge in [-0.05, 0) is 72.5 Å². The van der Waals surface area contributed by atoms with E-state index < -0.39 is 0 Å². The van der Waals surface area contributed by atoms with Crippen molar-refractivity contribution in [3.63, 3.8) is 0 Å². The Morgan fingerprint density at radius 2 is 2.04 bits per heavy atom. The zero-order valence-electron chi connectivity index (χ0n) is 15.1. The number of rotatable bonds is 4. The predicted molar refractivity (Wildman–Crippen MR) is 111 cm³/mol. The van der Waals surface area contributed by atoms with E-state index in [1.807, 2.05) is 61.7 Å². The highest BCUT2D eigenvalue weighted by Crippen LogP contribution is 2.34. The minimum absolute atomic E-state index is 0.0370. The van der Waals surface area contributed by atoms with Crippen molar-refractivity contribution in [2.24, 2.45) is 4.99 Å². The first-order valence-corrected chi connectivity index (χ1v) is 10.1. The second-order valence-electron chi connectivity index (χ2n) is 5.79. The van der Waals surface area contributed by atoms with Crippen LogP contribution in [0.2, 0.25) is 0 Å². The van der Waals surface area contributed by atoms with Crippen molar-refractivity contribution in [2.45, 2.75) is 11.8 Å². The minimum Gasteiger partial charge on any atom is -0.497 e. The first-order valence-electron chi connectivity index (χ1n) is 8.07. The van der Waals surface area contributed by atoms with Crippen LogP contribution in [0.5, 0.6) is 5.75 Å². The molecule has 0 saturated carbocycles. The van der Waals surface area contributed by atoms with Gasteiger partial charge in [0, 0.05) is 11.9 Å². The Bertz CT molecular complexity index is 906. The lowest BCUT2D eigenvalue weighted by Crippen LogP contribution is -2.23. The molecule has 1 saturated heterocycles. The number of amidine groups is 1. The third-order valence-corrected chi connectivity index (χ3v) is 5.83. The summed E-state index contributed by atoms with van der Waals surface area (Å²) in [5.41, 5.74) is 2.91. The second-order valence-corrected chi connectivity index (χ2v) is 7.68. The van der Waals surface area contributed by atoms with E-state index in [0.717, 1.165) is 27.5 Å². The van der Waals surface area contributed by atoms with E-state index in [-0.39, 0.29) is 5.91 Å². The Labute approximate surface area is 162 Å². The van der Waals surface area contributed by atoms with Crippen LogP contribution in [0.4, 0.5) is 5.69 Å². The lowest BCUT2D eigenvalue weighted by molar-refractivity contribution is -0.121. The van der Waals surface area contributed by atoms with Crippen LogP contribution in [0.1, 0.15) is 11.1 Å². The normalized spacial score (nSPS) is 17.4. The van der Waals surface area contributed by atoms with Gasteiger partial charge in [0.2, 0.25) is 0 Å². The number of methoxy groups -OCH3 is 1. The fourth-order valence-corrected chi connectivity index (χ4v) is 3.95. The molecule has 2 aromatic carbocycles. The molecular formula is C20H20N2O2S2. The van der Waals surface area contributed by atoms with Crippen molar-refractivity contribution in [3.8, 4) is 5.75 Å². The molecule has 2 aromatic rings. The Morgan fingerprint density at radius 3 is 2.73 bits per heavy atom. The summed E-state index contributed by atoms with van der Waals surface area (Å²) in [6.45, 7) is 2.01. The van der Waals surface area contributed by atoms with Crippen LogP contribution in [0.3, 0.4) is 0 Å². The highest BCUT2D eigenvalue weighted by atomic mass is 32.2. The summed E-state index contributed by atoms with van der Waals surface area (Å²) in [7, 11) is 3.40. The maximum Gasteiger partial charge on any atom is 0.266 e. The second kappa shape index (κ2) is 8.01. The molecule has 134 valence electrons. The van der Waals surface area contributed by atoms with E-state index in [1.165, 1.54) is 11.8 Å². The zero-order valence-corrected chi connectivity index (χ0v) is 16.8. The summed E-state index contributed by atoms with van der Waals surface area (Å²) in [5.74, 6) is 0.771. The van der Waals surface area contributed by atoms with Gasteiger partial charge in [-0.1, -0.05) is 12.1 Å². The van der Waals surface area contributed by atoms with E-state index in [4.69, 9.17) is 4.74 Å². The van der Waals surface area contributed by atoms with Crippen LogP contribution < -0.4 is 4.74 Å². The molecule has 0 aliphatic carbocycles. The molecule has 3 rings (SSSR count). The lowest BCUT2D eigenvalue weighted by Gasteiger charge is -2.07. The van der Waals surface area contributed by atoms with Gasteiger partial charge < -0.3 is 4.74 Å². The molecule has 0 atom stereocenters. The van der Waals surface area contributed by atoms with Crippen molar-refractivity contribution in [2.75, 3.05) is 20.4 Å². The van der Waals surface area contributed by atoms with E-state index in [2.05, 4.69) is 4.99 Å². The van der Waals surface area contributed by atoms with Crippen LogP contribution in [-0.4, -0.2) is 36.4 Å². The maximum atomic E-state index is 12.6. The van der Waals surface area contributed by atoms with Gasteiger partial charge in [-0.15, -0.1) is 11.8 Å². The van der Waals surface area contributed by atoms with Gasteiger partial charge in [-0.2, -0.15) is 0 Å². The Kier molecular flexibility index (Phi) is 5.74. The van der Waals surface area contributed by atoms with Crippen LogP contribution in [0, 0.1) is 6.92 Å². The molecule has 1 heterocycles. The number of carbonyl (C=O) groups excluding carboxylic acids is 1. The number of ether oxygens (including phenoxy) is 1. The lowest BCUT2D eigenvalue weighted by atomic mass is 10.1. The number of nitrogens with zero attached hydrogens (tertiary/aromatic N) is 2. The standard InChI is InChI=1S/C20H20N2O2S2/c1-13-10-16(24-3)9-8-14(13)11-18-19(23)22(2)20(26-18)21-15-6-5-7-17(12-15)25-4/h5-12H,1-4H3/b18-11+,21-20?. The molecule has 0 N–H and O–H groups in total. The Balaban J connectivity index is 1.90. The number of benzene rings is 2. The number of aryl methyl sites for hydroxylation is 1. The smallest absolute Gasteiger partial charge is 0.266 e. The van der Waals surface area contributed by atoms with Crippen molar-refractivity contribution < 1.29 is 9.53 Å². The molecule has 0 unspecified atom stereocenters. The number of hydrogen-bond donors (Lipinski definition) is 0. The fraction of sp³-hybridized carbons (Fsp3) is 0.200. The number of aliphatic imine (C=N–C) groups is 1. The summed E-state index contributed by atoms with van der Waals surface area (Å²) in [6.07, 6.45) is 3.95. The van der Waals surface area contributed by atoms with E-state index in [0.29, 0.717) is 10.1 Å². The molecule has 4 nitrogen and oxygen atoms in total. The molecule has 1 aliphatic rings. The van der Waals surface area contributed by atoms with Gasteiger partial charge in [0.1, 0.15) is 5.75 Å². The highest BCUT2D eigenvalue weighted by molar-refractivity contribution is 8.18. The van der Waals surface area contributed by atoms with Crippen LogP contribution >= 0.6 is 23.5 Å². The monoisotopic (exact) mass is 384 g/mol. The number of carbonyl (C=O) groups is 1. The van der Waals surface area contributed by atoms with Gasteiger partial charge >= 0.3 is 0 Å². The van der Waals surface area contributed by atoms with Crippen molar-refractivity contribution in [1.82, 2.24) is 4.90 Å². The molecular weight excluding hydrogens is 364 g/mol. The average Bonchev–Trinajstić information content (AvgIpc) is 2.91. The third kappa shape index (κ3) is 3.97. The number of amides is 1.